The van der Waals surface area contributed by atoms with Crippen LogP contribution in [0.4, 0.5) is 0 Å². The van der Waals surface area contributed by atoms with Gasteiger partial charge in [-0.25, -0.2) is 0 Å². The molecule has 0 amide bonds. The molecule has 0 rings (SSSR count). The average molecular weight is 440 g/mol. The van der Waals surface area contributed by atoms with Crippen molar-refractivity contribution in [2.75, 3.05) is 0 Å². The van der Waals surface area contributed by atoms with Crippen molar-refractivity contribution in [3.63, 3.8) is 0 Å². The van der Waals surface area contributed by atoms with Crippen molar-refractivity contribution in [3.8, 4) is 0 Å². The van der Waals surface area contributed by atoms with E-state index in [1.54, 1.807) is 10.6 Å². The maximum absolute atomic E-state index is 2.30. The molecule has 0 atom stereocenters. The second kappa shape index (κ2) is 22.0. The van der Waals surface area contributed by atoms with E-state index in [1.807, 2.05) is 0 Å². The molecule has 22 heavy (non-hydrogen) atoms. The normalized spacial score (nSPS) is 11.2. The molecule has 0 unspecified atom stereocenters. The first kappa shape index (κ1) is 23.0. The monoisotopic (exact) mass is 442 g/mol. The van der Waals surface area contributed by atoms with E-state index in [2.05, 4.69) is 13.8 Å². The summed E-state index contributed by atoms with van der Waals surface area (Å²) in [5.41, 5.74) is 0. The van der Waals surface area contributed by atoms with Gasteiger partial charge < -0.3 is 0 Å². The molecule has 0 aliphatic carbocycles. The summed E-state index contributed by atoms with van der Waals surface area (Å²) in [6, 6.07) is 0. The van der Waals surface area contributed by atoms with Gasteiger partial charge in [0.2, 0.25) is 0 Å². The van der Waals surface area contributed by atoms with Gasteiger partial charge in [-0.2, -0.15) is 0 Å². The van der Waals surface area contributed by atoms with Gasteiger partial charge in [0.1, 0.15) is 0 Å². The third-order valence-electron chi connectivity index (χ3n) is 4.25. The zero-order valence-corrected chi connectivity index (χ0v) is 19.0. The molecule has 0 aromatic rings. The Morgan fingerprint density at radius 2 is 0.636 bits per heavy atom. The summed E-state index contributed by atoms with van der Waals surface area (Å²) in [5, 5.41) is 3.16. The molecular formula is C20H42Se2. The zero-order valence-electron chi connectivity index (χ0n) is 15.5. The molecule has 0 heterocycles. The zero-order chi connectivity index (χ0) is 16.1. The topological polar surface area (TPSA) is 0 Å². The summed E-state index contributed by atoms with van der Waals surface area (Å²) in [4.78, 5) is 0. The molecule has 0 aliphatic heterocycles. The van der Waals surface area contributed by atoms with Crippen molar-refractivity contribution in [1.82, 2.24) is 0 Å². The molecule has 0 bridgehead atoms. The van der Waals surface area contributed by atoms with Crippen LogP contribution in [0.3, 0.4) is 0 Å². The predicted octanol–water partition coefficient (Wildman–Crippen LogP) is 7.43. The average Bonchev–Trinajstić information content (AvgIpc) is 2.54. The van der Waals surface area contributed by atoms with Gasteiger partial charge >= 0.3 is 153 Å². The first-order valence-corrected chi connectivity index (χ1v) is 16.9. The molecule has 0 N–H and O–H groups in total. The van der Waals surface area contributed by atoms with Gasteiger partial charge in [0, 0.05) is 0 Å². The number of unbranched alkanes of at least 4 members (excludes halogenated alkanes) is 14. The van der Waals surface area contributed by atoms with E-state index in [-0.39, 0.29) is 0 Å². The maximum atomic E-state index is 2.30. The molecule has 2 heteroatoms. The van der Waals surface area contributed by atoms with Crippen LogP contribution >= 0.6 is 0 Å². The number of hydrogen-bond donors (Lipinski definition) is 0. The van der Waals surface area contributed by atoms with Crippen molar-refractivity contribution in [3.05, 3.63) is 0 Å². The summed E-state index contributed by atoms with van der Waals surface area (Å²) < 4.78 is 0. The standard InChI is InChI=1S/C20H42Se2/c1-3-5-7-9-11-13-15-17-19-21-22-20-18-16-14-12-10-8-6-4-2/h3-20H2,1-2H3. The molecule has 0 aliphatic rings. The SMILES string of the molecule is CCCCCCCCCC[Se][Se]CCCCCCCCCC. The Hall–Kier alpha value is 1.04. The van der Waals surface area contributed by atoms with Gasteiger partial charge in [0.25, 0.3) is 0 Å². The molecule has 0 nitrogen and oxygen atoms in total. The van der Waals surface area contributed by atoms with Gasteiger partial charge in [-0.1, -0.05) is 0 Å². The molecule has 0 saturated heterocycles. The van der Waals surface area contributed by atoms with E-state index in [9.17, 15) is 0 Å². The number of rotatable bonds is 19. The van der Waals surface area contributed by atoms with Crippen LogP contribution in [0.15, 0.2) is 0 Å². The molecule has 134 valence electrons. The Bertz CT molecular complexity index is 163. The van der Waals surface area contributed by atoms with Gasteiger partial charge in [-0.05, 0) is 0 Å². The van der Waals surface area contributed by atoms with Gasteiger partial charge in [-0.3, -0.25) is 0 Å². The van der Waals surface area contributed by atoms with E-state index in [0.717, 1.165) is 26.3 Å². The Morgan fingerprint density at radius 3 is 0.955 bits per heavy atom. The summed E-state index contributed by atoms with van der Waals surface area (Å²) in [5.74, 6) is 0. The minimum atomic E-state index is 1.02. The Kier molecular flexibility index (Phi) is 23.1. The first-order valence-electron chi connectivity index (χ1n) is 10.2. The van der Waals surface area contributed by atoms with E-state index in [4.69, 9.17) is 0 Å². The second-order valence-corrected chi connectivity index (χ2v) is 14.4. The fourth-order valence-electron chi connectivity index (χ4n) is 2.71. The van der Waals surface area contributed by atoms with E-state index < -0.39 is 0 Å². The van der Waals surface area contributed by atoms with Crippen LogP contribution in [0.5, 0.6) is 0 Å². The van der Waals surface area contributed by atoms with E-state index in [1.165, 1.54) is 103 Å². The third kappa shape index (κ3) is 21.0. The molecule has 0 saturated carbocycles. The Balaban J connectivity index is 2.91. The minimum absolute atomic E-state index is 1.02. The van der Waals surface area contributed by atoms with Crippen LogP contribution < -0.4 is 0 Å². The summed E-state index contributed by atoms with van der Waals surface area (Å²) in [6.07, 6.45) is 23.7. The van der Waals surface area contributed by atoms with Crippen LogP contribution in [-0.4, -0.2) is 26.3 Å². The summed E-state index contributed by atoms with van der Waals surface area (Å²) in [6.45, 7) is 4.61. The Morgan fingerprint density at radius 1 is 0.364 bits per heavy atom. The van der Waals surface area contributed by atoms with Crippen molar-refractivity contribution in [2.45, 2.75) is 127 Å². The van der Waals surface area contributed by atoms with Gasteiger partial charge in [-0.15, -0.1) is 0 Å². The van der Waals surface area contributed by atoms with E-state index in [0.29, 0.717) is 0 Å². The molecule has 0 aromatic carbocycles. The summed E-state index contributed by atoms with van der Waals surface area (Å²) in [7, 11) is 0. The summed E-state index contributed by atoms with van der Waals surface area (Å²) >= 11 is 2.05. The Labute approximate surface area is 153 Å². The van der Waals surface area contributed by atoms with Crippen LogP contribution in [-0.2, 0) is 0 Å². The van der Waals surface area contributed by atoms with E-state index >= 15 is 0 Å². The third-order valence-corrected chi connectivity index (χ3v) is 12.0. The van der Waals surface area contributed by atoms with Crippen LogP contribution in [0, 0.1) is 0 Å². The van der Waals surface area contributed by atoms with Crippen molar-refractivity contribution < 1.29 is 0 Å². The first-order chi connectivity index (χ1) is 10.9. The second-order valence-electron chi connectivity index (χ2n) is 6.59. The fourth-order valence-corrected chi connectivity index (χ4v) is 9.69. The number of hydrogen-bond acceptors (Lipinski definition) is 0. The molecule has 0 fully saturated rings. The van der Waals surface area contributed by atoms with Crippen molar-refractivity contribution >= 4 is 26.3 Å². The van der Waals surface area contributed by atoms with Gasteiger partial charge in [0.05, 0.1) is 0 Å². The molecule has 0 radical (unpaired) electrons. The predicted molar refractivity (Wildman–Crippen MR) is 106 cm³/mol. The molecule has 0 spiro atoms. The molecule has 0 aromatic heterocycles. The van der Waals surface area contributed by atoms with Crippen LogP contribution in [0.25, 0.3) is 0 Å². The fraction of sp³-hybridized carbons (Fsp3) is 1.00. The molecular weight excluding hydrogens is 398 g/mol. The van der Waals surface area contributed by atoms with Gasteiger partial charge in [0.15, 0.2) is 0 Å². The quantitative estimate of drug-likeness (QED) is 0.145. The van der Waals surface area contributed by atoms with Crippen molar-refractivity contribution in [2.24, 2.45) is 0 Å². The van der Waals surface area contributed by atoms with Crippen LogP contribution in [0.1, 0.15) is 117 Å². The van der Waals surface area contributed by atoms with Crippen molar-refractivity contribution in [1.29, 1.82) is 0 Å². The van der Waals surface area contributed by atoms with Crippen LogP contribution in [0.2, 0.25) is 10.6 Å².